The topological polar surface area (TPSA) is 17.1 Å². The Hall–Kier alpha value is -1.87. The molecule has 1 nitrogen and oxygen atoms in total. The SMILES string of the molecule is O=CCC[CH2][Sn]([c]1ccccc1)([c]1ccccc1)[c]1ccccc1. The Bertz CT molecular complexity index is 657. The minimum atomic E-state index is -3.09. The Balaban J connectivity index is 2.22. The fourth-order valence-corrected chi connectivity index (χ4v) is 17.5. The molecule has 0 aliphatic carbocycles. The molecular weight excluding hydrogens is 399 g/mol. The number of unbranched alkanes of at least 4 members (excludes halogenated alkanes) is 1. The van der Waals surface area contributed by atoms with Gasteiger partial charge in [-0.2, -0.15) is 0 Å². The van der Waals surface area contributed by atoms with Gasteiger partial charge in [0, 0.05) is 0 Å². The number of carbonyl (C=O) groups excluding carboxylic acids is 1. The van der Waals surface area contributed by atoms with E-state index in [1.165, 1.54) is 10.7 Å². The van der Waals surface area contributed by atoms with Gasteiger partial charge in [0.25, 0.3) is 0 Å². The van der Waals surface area contributed by atoms with Crippen molar-refractivity contribution >= 4 is 35.4 Å². The average Bonchev–Trinajstić information content (AvgIpc) is 2.68. The van der Waals surface area contributed by atoms with Crippen LogP contribution < -0.4 is 10.7 Å². The van der Waals surface area contributed by atoms with E-state index in [1.807, 2.05) is 0 Å². The van der Waals surface area contributed by atoms with Gasteiger partial charge < -0.3 is 0 Å². The number of rotatable bonds is 7. The molecule has 0 saturated carbocycles. The van der Waals surface area contributed by atoms with Gasteiger partial charge in [0.1, 0.15) is 0 Å². The van der Waals surface area contributed by atoms with E-state index in [9.17, 15) is 4.79 Å². The summed E-state index contributed by atoms with van der Waals surface area (Å²) in [7, 11) is 0. The van der Waals surface area contributed by atoms with E-state index in [0.717, 1.165) is 17.1 Å². The summed E-state index contributed by atoms with van der Waals surface area (Å²) in [6.45, 7) is 0. The third-order valence-corrected chi connectivity index (χ3v) is 19.1. The number of carbonyl (C=O) groups is 1. The molecule has 0 N–H and O–H groups in total. The first-order valence-corrected chi connectivity index (χ1v) is 14.8. The van der Waals surface area contributed by atoms with Gasteiger partial charge in [-0.25, -0.2) is 0 Å². The molecule has 2 heteroatoms. The van der Waals surface area contributed by atoms with Crippen LogP contribution in [-0.4, -0.2) is 24.7 Å². The van der Waals surface area contributed by atoms with Crippen LogP contribution in [0.25, 0.3) is 0 Å². The van der Waals surface area contributed by atoms with E-state index in [4.69, 9.17) is 0 Å². The van der Waals surface area contributed by atoms with Crippen LogP contribution in [0.15, 0.2) is 91.0 Å². The van der Waals surface area contributed by atoms with Crippen LogP contribution in [0.4, 0.5) is 0 Å². The van der Waals surface area contributed by atoms with Crippen LogP contribution in [0.2, 0.25) is 4.44 Å². The summed E-state index contributed by atoms with van der Waals surface area (Å²) in [5, 5.41) is 0. The van der Waals surface area contributed by atoms with Crippen molar-refractivity contribution < 1.29 is 4.79 Å². The van der Waals surface area contributed by atoms with Gasteiger partial charge >= 0.3 is 148 Å². The summed E-state index contributed by atoms with van der Waals surface area (Å²) < 4.78 is 5.56. The number of benzene rings is 3. The van der Waals surface area contributed by atoms with Gasteiger partial charge in [0.15, 0.2) is 0 Å². The van der Waals surface area contributed by atoms with Crippen molar-refractivity contribution in [2.24, 2.45) is 0 Å². The Kier molecular flexibility index (Phi) is 5.86. The standard InChI is InChI=1S/3C6H5.C4H7O.Sn/c3*1-2-4-6-5-3-1;1-2-3-4-5;/h3*1-5H;4H,1-3H2;. The van der Waals surface area contributed by atoms with Gasteiger partial charge in [0.2, 0.25) is 0 Å². The fraction of sp³-hybridized carbons (Fsp3) is 0.136. The third kappa shape index (κ3) is 3.46. The monoisotopic (exact) mass is 422 g/mol. The van der Waals surface area contributed by atoms with Crippen molar-refractivity contribution in [1.82, 2.24) is 0 Å². The van der Waals surface area contributed by atoms with E-state index < -0.39 is 18.4 Å². The van der Waals surface area contributed by atoms with Crippen molar-refractivity contribution in [2.45, 2.75) is 17.3 Å². The molecule has 120 valence electrons. The van der Waals surface area contributed by atoms with Gasteiger partial charge in [-0.1, -0.05) is 0 Å². The van der Waals surface area contributed by atoms with Crippen molar-refractivity contribution in [3.63, 3.8) is 0 Å². The third-order valence-electron chi connectivity index (χ3n) is 4.67. The normalized spacial score (nSPS) is 11.2. The molecular formula is C22H22OSn. The molecule has 0 aliphatic rings. The van der Waals surface area contributed by atoms with Gasteiger partial charge in [0.05, 0.1) is 0 Å². The molecule has 0 aliphatic heterocycles. The zero-order valence-electron chi connectivity index (χ0n) is 13.8. The molecule has 3 aromatic carbocycles. The van der Waals surface area contributed by atoms with Crippen LogP contribution in [0.5, 0.6) is 0 Å². The van der Waals surface area contributed by atoms with Gasteiger partial charge in [-0.05, 0) is 0 Å². The second-order valence-corrected chi connectivity index (χ2v) is 17.6. The Morgan fingerprint density at radius 2 is 1.00 bits per heavy atom. The van der Waals surface area contributed by atoms with E-state index >= 15 is 0 Å². The quantitative estimate of drug-likeness (QED) is 0.326. The first-order chi connectivity index (χ1) is 11.9. The van der Waals surface area contributed by atoms with Gasteiger partial charge in [-0.15, -0.1) is 0 Å². The number of hydrogen-bond donors (Lipinski definition) is 0. The van der Waals surface area contributed by atoms with Crippen molar-refractivity contribution in [2.75, 3.05) is 0 Å². The second kappa shape index (κ2) is 8.29. The Morgan fingerprint density at radius 1 is 0.625 bits per heavy atom. The molecule has 0 heterocycles. The molecule has 0 fully saturated rings. The first kappa shape index (κ1) is 17.0. The maximum absolute atomic E-state index is 10.9. The fourth-order valence-electron chi connectivity index (χ4n) is 3.55. The van der Waals surface area contributed by atoms with Crippen LogP contribution in [-0.2, 0) is 4.79 Å². The predicted octanol–water partition coefficient (Wildman–Crippen LogP) is 3.14. The summed E-state index contributed by atoms with van der Waals surface area (Å²) in [4.78, 5) is 10.9. The molecule has 24 heavy (non-hydrogen) atoms. The van der Waals surface area contributed by atoms with Crippen LogP contribution in [0, 0.1) is 0 Å². The van der Waals surface area contributed by atoms with Crippen LogP contribution >= 0.6 is 0 Å². The maximum atomic E-state index is 10.9. The van der Waals surface area contributed by atoms with Crippen molar-refractivity contribution in [3.8, 4) is 0 Å². The van der Waals surface area contributed by atoms with E-state index in [0.29, 0.717) is 6.42 Å². The molecule has 0 radical (unpaired) electrons. The Labute approximate surface area is 148 Å². The average molecular weight is 421 g/mol. The molecule has 0 unspecified atom stereocenters. The molecule has 0 spiro atoms. The summed E-state index contributed by atoms with van der Waals surface area (Å²) >= 11 is -3.09. The number of aldehydes is 1. The summed E-state index contributed by atoms with van der Waals surface area (Å²) in [5.74, 6) is 0. The zero-order chi connectivity index (χ0) is 16.7. The predicted molar refractivity (Wildman–Crippen MR) is 104 cm³/mol. The molecule has 0 saturated heterocycles. The molecule has 3 aromatic rings. The van der Waals surface area contributed by atoms with Crippen molar-refractivity contribution in [3.05, 3.63) is 91.0 Å². The minimum absolute atomic E-state index is 0.644. The Morgan fingerprint density at radius 3 is 1.33 bits per heavy atom. The van der Waals surface area contributed by atoms with Crippen molar-refractivity contribution in [1.29, 1.82) is 0 Å². The first-order valence-electron chi connectivity index (χ1n) is 8.48. The molecule has 0 atom stereocenters. The summed E-state index contributed by atoms with van der Waals surface area (Å²) in [6, 6.07) is 32.9. The number of hydrogen-bond acceptors (Lipinski definition) is 1. The van der Waals surface area contributed by atoms with E-state index in [2.05, 4.69) is 91.0 Å². The second-order valence-electron chi connectivity index (χ2n) is 6.06. The van der Waals surface area contributed by atoms with E-state index in [-0.39, 0.29) is 0 Å². The van der Waals surface area contributed by atoms with Crippen LogP contribution in [0.3, 0.4) is 0 Å². The van der Waals surface area contributed by atoms with Crippen LogP contribution in [0.1, 0.15) is 12.8 Å². The summed E-state index contributed by atoms with van der Waals surface area (Å²) in [6.07, 6.45) is 2.65. The van der Waals surface area contributed by atoms with Gasteiger partial charge in [-0.3, -0.25) is 0 Å². The molecule has 0 amide bonds. The molecule has 3 rings (SSSR count). The molecule has 0 bridgehead atoms. The van der Waals surface area contributed by atoms with E-state index in [1.54, 1.807) is 0 Å². The summed E-state index contributed by atoms with van der Waals surface area (Å²) in [5.41, 5.74) is 0. The molecule has 0 aromatic heterocycles. The zero-order valence-corrected chi connectivity index (χ0v) is 16.6.